The Morgan fingerprint density at radius 3 is 2.76 bits per heavy atom. The van der Waals surface area contributed by atoms with E-state index < -0.39 is 0 Å². The molecule has 0 saturated carbocycles. The third kappa shape index (κ3) is 3.20. The van der Waals surface area contributed by atoms with E-state index in [1.165, 1.54) is 21.8 Å². The van der Waals surface area contributed by atoms with E-state index in [-0.39, 0.29) is 0 Å². The van der Waals surface area contributed by atoms with Gasteiger partial charge in [0.25, 0.3) is 0 Å². The molecule has 0 aliphatic carbocycles. The molecule has 0 fully saturated rings. The van der Waals surface area contributed by atoms with Crippen LogP contribution in [0.25, 0.3) is 0 Å². The molecule has 2 aromatic carbocycles. The standard InChI is InChI=1S/C17H19ClN2S/c1-19(2)9-10-20-15-6-4-3-5-13(15)12-21-17-8-7-14(18)11-16(17)20/h3-8,11H,9-10,12H2,1-2H3. The Morgan fingerprint density at radius 1 is 1.14 bits per heavy atom. The monoisotopic (exact) mass is 318 g/mol. The summed E-state index contributed by atoms with van der Waals surface area (Å²) >= 11 is 8.12. The molecule has 2 nitrogen and oxygen atoms in total. The number of benzene rings is 2. The lowest BCUT2D eigenvalue weighted by atomic mass is 10.1. The van der Waals surface area contributed by atoms with E-state index in [1.807, 2.05) is 17.8 Å². The molecule has 0 amide bonds. The number of hydrogen-bond donors (Lipinski definition) is 0. The first-order valence-electron chi connectivity index (χ1n) is 7.07. The summed E-state index contributed by atoms with van der Waals surface area (Å²) in [5.41, 5.74) is 3.90. The summed E-state index contributed by atoms with van der Waals surface area (Å²) < 4.78 is 0. The van der Waals surface area contributed by atoms with Crippen molar-refractivity contribution in [3.05, 3.63) is 53.1 Å². The van der Waals surface area contributed by atoms with Gasteiger partial charge >= 0.3 is 0 Å². The Hall–Kier alpha value is -1.16. The number of likely N-dealkylation sites (N-methyl/N-ethyl adjacent to an activating group) is 1. The van der Waals surface area contributed by atoms with Crippen molar-refractivity contribution in [1.29, 1.82) is 0 Å². The van der Waals surface area contributed by atoms with Crippen LogP contribution in [0.3, 0.4) is 0 Å². The Morgan fingerprint density at radius 2 is 1.95 bits per heavy atom. The maximum absolute atomic E-state index is 6.24. The van der Waals surface area contributed by atoms with Crippen LogP contribution in [0.1, 0.15) is 5.56 Å². The predicted octanol–water partition coefficient (Wildman–Crippen LogP) is 4.65. The van der Waals surface area contributed by atoms with Crippen LogP contribution >= 0.6 is 23.4 Å². The van der Waals surface area contributed by atoms with E-state index in [0.717, 1.165) is 23.9 Å². The van der Waals surface area contributed by atoms with Crippen LogP contribution in [0.15, 0.2) is 47.4 Å². The number of rotatable bonds is 3. The molecule has 2 aromatic rings. The van der Waals surface area contributed by atoms with Crippen LogP contribution in [0.5, 0.6) is 0 Å². The fraction of sp³-hybridized carbons (Fsp3) is 0.294. The molecule has 1 heterocycles. The highest BCUT2D eigenvalue weighted by Gasteiger charge is 2.21. The van der Waals surface area contributed by atoms with Crippen molar-refractivity contribution in [3.8, 4) is 0 Å². The fourth-order valence-corrected chi connectivity index (χ4v) is 3.75. The van der Waals surface area contributed by atoms with Gasteiger partial charge in [0.2, 0.25) is 0 Å². The van der Waals surface area contributed by atoms with Crippen LogP contribution < -0.4 is 4.90 Å². The van der Waals surface area contributed by atoms with Crippen LogP contribution in [-0.4, -0.2) is 32.1 Å². The summed E-state index contributed by atoms with van der Waals surface area (Å²) in [6.45, 7) is 1.96. The molecule has 0 unspecified atom stereocenters. The molecule has 0 bridgehead atoms. The second-order valence-corrected chi connectivity index (χ2v) is 6.94. The number of fused-ring (bicyclic) bond motifs is 2. The van der Waals surface area contributed by atoms with Crippen LogP contribution in [-0.2, 0) is 5.75 Å². The average Bonchev–Trinajstić information content (AvgIpc) is 2.62. The molecule has 0 saturated heterocycles. The van der Waals surface area contributed by atoms with E-state index >= 15 is 0 Å². The van der Waals surface area contributed by atoms with Crippen LogP contribution in [0.2, 0.25) is 5.02 Å². The van der Waals surface area contributed by atoms with Crippen molar-refractivity contribution in [2.24, 2.45) is 0 Å². The number of hydrogen-bond acceptors (Lipinski definition) is 3. The highest BCUT2D eigenvalue weighted by atomic mass is 35.5. The van der Waals surface area contributed by atoms with Crippen molar-refractivity contribution >= 4 is 34.7 Å². The highest BCUT2D eigenvalue weighted by Crippen LogP contribution is 2.43. The van der Waals surface area contributed by atoms with E-state index in [0.29, 0.717) is 0 Å². The molecule has 3 rings (SSSR count). The number of thioether (sulfide) groups is 1. The van der Waals surface area contributed by atoms with Gasteiger partial charge in [-0.25, -0.2) is 0 Å². The fourth-order valence-electron chi connectivity index (χ4n) is 2.55. The number of anilines is 2. The molecule has 1 aliphatic heterocycles. The van der Waals surface area contributed by atoms with Crippen LogP contribution in [0.4, 0.5) is 11.4 Å². The Labute approximate surface area is 135 Å². The van der Waals surface area contributed by atoms with Crippen LogP contribution in [0, 0.1) is 0 Å². The maximum atomic E-state index is 6.24. The van der Waals surface area contributed by atoms with Gasteiger partial charge in [0.1, 0.15) is 0 Å². The van der Waals surface area contributed by atoms with E-state index in [2.05, 4.69) is 60.3 Å². The van der Waals surface area contributed by atoms with E-state index in [4.69, 9.17) is 11.6 Å². The molecule has 0 N–H and O–H groups in total. The molecule has 21 heavy (non-hydrogen) atoms. The number of halogens is 1. The van der Waals surface area contributed by atoms with Gasteiger partial charge in [-0.3, -0.25) is 0 Å². The lowest BCUT2D eigenvalue weighted by molar-refractivity contribution is 0.418. The molecule has 0 radical (unpaired) electrons. The molecule has 110 valence electrons. The molecule has 0 aromatic heterocycles. The van der Waals surface area contributed by atoms with E-state index in [9.17, 15) is 0 Å². The van der Waals surface area contributed by atoms with Crippen molar-refractivity contribution in [2.45, 2.75) is 10.6 Å². The van der Waals surface area contributed by atoms with Crippen molar-refractivity contribution in [2.75, 3.05) is 32.1 Å². The van der Waals surface area contributed by atoms with Gasteiger partial charge in [-0.05, 0) is 43.9 Å². The summed E-state index contributed by atoms with van der Waals surface area (Å²) in [6.07, 6.45) is 0. The van der Waals surface area contributed by atoms with Gasteiger partial charge in [-0.15, -0.1) is 11.8 Å². The summed E-state index contributed by atoms with van der Waals surface area (Å²) in [5, 5.41) is 0.795. The highest BCUT2D eigenvalue weighted by molar-refractivity contribution is 7.98. The minimum atomic E-state index is 0.795. The summed E-state index contributed by atoms with van der Waals surface area (Å²) in [7, 11) is 4.22. The smallest absolute Gasteiger partial charge is 0.0564 e. The largest absolute Gasteiger partial charge is 0.339 e. The average molecular weight is 319 g/mol. The zero-order valence-electron chi connectivity index (χ0n) is 12.3. The molecule has 0 spiro atoms. The molecule has 0 atom stereocenters. The van der Waals surface area contributed by atoms with Gasteiger partial charge in [0.05, 0.1) is 5.69 Å². The third-order valence-corrected chi connectivity index (χ3v) is 4.99. The van der Waals surface area contributed by atoms with Gasteiger partial charge in [-0.2, -0.15) is 0 Å². The maximum Gasteiger partial charge on any atom is 0.0564 e. The molecular weight excluding hydrogens is 300 g/mol. The first-order chi connectivity index (χ1) is 10.1. The summed E-state index contributed by atoms with van der Waals surface area (Å²) in [6, 6.07) is 14.9. The Kier molecular flexibility index (Phi) is 4.43. The van der Waals surface area contributed by atoms with E-state index in [1.54, 1.807) is 0 Å². The topological polar surface area (TPSA) is 6.48 Å². The van der Waals surface area contributed by atoms with Crippen molar-refractivity contribution in [3.63, 3.8) is 0 Å². The van der Waals surface area contributed by atoms with Gasteiger partial charge < -0.3 is 9.80 Å². The quantitative estimate of drug-likeness (QED) is 0.813. The number of nitrogens with zero attached hydrogens (tertiary/aromatic N) is 2. The minimum absolute atomic E-state index is 0.795. The zero-order chi connectivity index (χ0) is 14.8. The Bertz CT molecular complexity index is 642. The second-order valence-electron chi connectivity index (χ2n) is 5.48. The lowest BCUT2D eigenvalue weighted by Crippen LogP contribution is -2.28. The van der Waals surface area contributed by atoms with Gasteiger partial charge in [-0.1, -0.05) is 29.8 Å². The van der Waals surface area contributed by atoms with Gasteiger partial charge in [0.15, 0.2) is 0 Å². The second kappa shape index (κ2) is 6.30. The first kappa shape index (κ1) is 14.8. The zero-order valence-corrected chi connectivity index (χ0v) is 13.9. The molecule has 4 heteroatoms. The summed E-state index contributed by atoms with van der Waals surface area (Å²) in [5.74, 6) is 1.00. The Balaban J connectivity index is 2.07. The first-order valence-corrected chi connectivity index (χ1v) is 8.44. The van der Waals surface area contributed by atoms with Crippen molar-refractivity contribution in [1.82, 2.24) is 4.90 Å². The molecule has 1 aliphatic rings. The van der Waals surface area contributed by atoms with Crippen molar-refractivity contribution < 1.29 is 0 Å². The number of para-hydroxylation sites is 1. The normalized spacial score (nSPS) is 13.8. The lowest BCUT2D eigenvalue weighted by Gasteiger charge is -2.28. The van der Waals surface area contributed by atoms with Gasteiger partial charge in [0, 0.05) is 34.4 Å². The SMILES string of the molecule is CN(C)CCN1c2ccccc2CSc2ccc(Cl)cc21. The minimum Gasteiger partial charge on any atom is -0.339 e. The molecular formula is C17H19ClN2S. The summed E-state index contributed by atoms with van der Waals surface area (Å²) in [4.78, 5) is 5.91. The third-order valence-electron chi connectivity index (χ3n) is 3.65. The predicted molar refractivity (Wildman–Crippen MR) is 93.0 cm³/mol.